The standard InChI is InChI=1S/C34H58N4O2S/c1-3-4-5-6-7-8-9-10-11-12-13-14-15-16-17-18-24-37-25-27-38(28-26-37)30-31(2)36-41(39,40)34-21-19-20-32-29-35-23-22-33(32)34/h19-23,29,31,36H,3-18,24-28,30H2,1-2H3/t31-/m1/s1. The molecule has 0 spiro atoms. The highest BCUT2D eigenvalue weighted by atomic mass is 32.2. The van der Waals surface area contributed by atoms with E-state index in [1.54, 1.807) is 30.6 Å². The Balaban J connectivity index is 1.17. The van der Waals surface area contributed by atoms with Crippen LogP contribution >= 0.6 is 0 Å². The Kier molecular flexibility index (Phi) is 16.2. The van der Waals surface area contributed by atoms with Crippen LogP contribution in [0.15, 0.2) is 41.6 Å². The van der Waals surface area contributed by atoms with Gasteiger partial charge < -0.3 is 4.90 Å². The summed E-state index contributed by atoms with van der Waals surface area (Å²) in [5.41, 5.74) is 0. The minimum Gasteiger partial charge on any atom is -0.301 e. The molecule has 0 saturated carbocycles. The van der Waals surface area contributed by atoms with Gasteiger partial charge >= 0.3 is 0 Å². The van der Waals surface area contributed by atoms with E-state index in [2.05, 4.69) is 26.4 Å². The summed E-state index contributed by atoms with van der Waals surface area (Å²) >= 11 is 0. The molecule has 0 aliphatic carbocycles. The number of piperazine rings is 1. The first kappa shape index (κ1) is 34.0. The van der Waals surface area contributed by atoms with Gasteiger partial charge in [-0.05, 0) is 32.0 Å². The number of unbranched alkanes of at least 4 members (excludes halogenated alkanes) is 15. The first-order chi connectivity index (χ1) is 20.0. The van der Waals surface area contributed by atoms with Crippen LogP contribution in [0.3, 0.4) is 0 Å². The largest absolute Gasteiger partial charge is 0.301 e. The van der Waals surface area contributed by atoms with Crippen LogP contribution in [0.5, 0.6) is 0 Å². The van der Waals surface area contributed by atoms with Crippen LogP contribution in [0, 0.1) is 0 Å². The Morgan fingerprint density at radius 2 is 1.29 bits per heavy atom. The number of nitrogens with zero attached hydrogens (tertiary/aromatic N) is 3. The monoisotopic (exact) mass is 586 g/mol. The Morgan fingerprint density at radius 3 is 1.88 bits per heavy atom. The highest BCUT2D eigenvalue weighted by Gasteiger charge is 2.23. The van der Waals surface area contributed by atoms with Gasteiger partial charge in [-0.15, -0.1) is 0 Å². The summed E-state index contributed by atoms with van der Waals surface area (Å²) < 4.78 is 29.1. The minimum atomic E-state index is -3.60. The van der Waals surface area contributed by atoms with Gasteiger partial charge in [-0.1, -0.05) is 115 Å². The third kappa shape index (κ3) is 13.1. The number of hydrogen-bond donors (Lipinski definition) is 1. The lowest BCUT2D eigenvalue weighted by molar-refractivity contribution is 0.125. The smallest absolute Gasteiger partial charge is 0.241 e. The summed E-state index contributed by atoms with van der Waals surface area (Å²) in [5, 5.41) is 1.55. The lowest BCUT2D eigenvalue weighted by Gasteiger charge is -2.36. The van der Waals surface area contributed by atoms with Crippen molar-refractivity contribution in [3.63, 3.8) is 0 Å². The molecule has 41 heavy (non-hydrogen) atoms. The topological polar surface area (TPSA) is 65.5 Å². The van der Waals surface area contributed by atoms with Crippen molar-refractivity contribution >= 4 is 20.8 Å². The van der Waals surface area contributed by atoms with E-state index in [0.717, 1.165) is 38.1 Å². The fourth-order valence-electron chi connectivity index (χ4n) is 6.16. The number of nitrogens with one attached hydrogen (secondary N) is 1. The zero-order valence-corrected chi connectivity index (χ0v) is 27.0. The Hall–Kier alpha value is -1.54. The lowest BCUT2D eigenvalue weighted by atomic mass is 10.0. The molecule has 1 saturated heterocycles. The summed E-state index contributed by atoms with van der Waals surface area (Å²) in [6.07, 6.45) is 25.9. The highest BCUT2D eigenvalue weighted by Crippen LogP contribution is 2.22. The van der Waals surface area contributed by atoms with Crippen LogP contribution in [0.4, 0.5) is 0 Å². The highest BCUT2D eigenvalue weighted by molar-refractivity contribution is 7.89. The van der Waals surface area contributed by atoms with E-state index < -0.39 is 10.0 Å². The van der Waals surface area contributed by atoms with Crippen molar-refractivity contribution in [3.05, 3.63) is 36.7 Å². The Morgan fingerprint density at radius 1 is 0.756 bits per heavy atom. The average molecular weight is 587 g/mol. The molecule has 232 valence electrons. The van der Waals surface area contributed by atoms with E-state index in [9.17, 15) is 8.42 Å². The van der Waals surface area contributed by atoms with Gasteiger partial charge in [-0.2, -0.15) is 0 Å². The zero-order chi connectivity index (χ0) is 29.2. The molecule has 1 atom stereocenters. The molecule has 1 fully saturated rings. The van der Waals surface area contributed by atoms with Crippen molar-refractivity contribution in [1.82, 2.24) is 19.5 Å². The molecule has 2 aromatic rings. The van der Waals surface area contributed by atoms with Gasteiger partial charge in [0.05, 0.1) is 4.90 Å². The molecular formula is C34H58N4O2S. The predicted octanol–water partition coefficient (Wildman–Crippen LogP) is 7.78. The van der Waals surface area contributed by atoms with Gasteiger partial charge in [-0.3, -0.25) is 9.88 Å². The number of hydrogen-bond acceptors (Lipinski definition) is 5. The van der Waals surface area contributed by atoms with Gasteiger partial charge in [0.15, 0.2) is 0 Å². The maximum Gasteiger partial charge on any atom is 0.241 e. The van der Waals surface area contributed by atoms with E-state index in [0.29, 0.717) is 10.3 Å². The Labute approximate surface area is 251 Å². The van der Waals surface area contributed by atoms with E-state index >= 15 is 0 Å². The summed E-state index contributed by atoms with van der Waals surface area (Å²) in [7, 11) is -3.60. The molecule has 1 aromatic carbocycles. The number of fused-ring (bicyclic) bond motifs is 1. The van der Waals surface area contributed by atoms with Gasteiger partial charge in [0, 0.05) is 61.9 Å². The lowest BCUT2D eigenvalue weighted by Crippen LogP contribution is -2.50. The van der Waals surface area contributed by atoms with Gasteiger partial charge in [0.25, 0.3) is 0 Å². The van der Waals surface area contributed by atoms with Crippen molar-refractivity contribution in [2.24, 2.45) is 0 Å². The number of aromatic nitrogens is 1. The Bertz CT molecular complexity index is 1060. The molecule has 3 rings (SSSR count). The number of rotatable bonds is 22. The van der Waals surface area contributed by atoms with Crippen molar-refractivity contribution in [2.75, 3.05) is 39.3 Å². The van der Waals surface area contributed by atoms with Crippen molar-refractivity contribution < 1.29 is 8.42 Å². The summed E-state index contributed by atoms with van der Waals surface area (Å²) in [6.45, 7) is 10.4. The van der Waals surface area contributed by atoms with E-state index in [-0.39, 0.29) is 6.04 Å². The minimum absolute atomic E-state index is 0.149. The molecule has 2 heterocycles. The fraction of sp³-hybridized carbons (Fsp3) is 0.735. The van der Waals surface area contributed by atoms with Crippen LogP contribution in [-0.4, -0.2) is 68.5 Å². The molecule has 0 unspecified atom stereocenters. The second-order valence-electron chi connectivity index (χ2n) is 12.3. The second-order valence-corrected chi connectivity index (χ2v) is 14.0. The third-order valence-corrected chi connectivity index (χ3v) is 10.3. The van der Waals surface area contributed by atoms with E-state index in [1.165, 1.54) is 109 Å². The van der Waals surface area contributed by atoms with Crippen LogP contribution in [0.25, 0.3) is 10.8 Å². The van der Waals surface area contributed by atoms with Crippen LogP contribution in [0.1, 0.15) is 117 Å². The third-order valence-electron chi connectivity index (χ3n) is 8.61. The molecule has 1 aromatic heterocycles. The van der Waals surface area contributed by atoms with E-state index in [4.69, 9.17) is 0 Å². The molecule has 6 nitrogen and oxygen atoms in total. The molecule has 0 bridgehead atoms. The first-order valence-electron chi connectivity index (χ1n) is 16.8. The van der Waals surface area contributed by atoms with Gasteiger partial charge in [0.2, 0.25) is 10.0 Å². The molecule has 7 heteroatoms. The van der Waals surface area contributed by atoms with Crippen molar-refractivity contribution in [3.8, 4) is 0 Å². The number of pyridine rings is 1. The quantitative estimate of drug-likeness (QED) is 0.143. The van der Waals surface area contributed by atoms with Crippen molar-refractivity contribution in [2.45, 2.75) is 128 Å². The van der Waals surface area contributed by atoms with Crippen LogP contribution < -0.4 is 4.72 Å². The zero-order valence-electron chi connectivity index (χ0n) is 26.2. The predicted molar refractivity (Wildman–Crippen MR) is 174 cm³/mol. The number of sulfonamides is 1. The normalized spacial score (nSPS) is 16.0. The van der Waals surface area contributed by atoms with E-state index in [1.807, 2.05) is 13.0 Å². The van der Waals surface area contributed by atoms with Crippen molar-refractivity contribution in [1.29, 1.82) is 0 Å². The first-order valence-corrected chi connectivity index (χ1v) is 18.3. The molecular weight excluding hydrogens is 528 g/mol. The molecule has 1 N–H and O–H groups in total. The number of benzene rings is 1. The van der Waals surface area contributed by atoms with Gasteiger partial charge in [-0.25, -0.2) is 13.1 Å². The van der Waals surface area contributed by atoms with Gasteiger partial charge in [0.1, 0.15) is 0 Å². The second kappa shape index (κ2) is 19.6. The summed E-state index contributed by atoms with van der Waals surface area (Å²) in [5.74, 6) is 0. The van der Waals surface area contributed by atoms with Crippen LogP contribution in [0.2, 0.25) is 0 Å². The summed E-state index contributed by atoms with van der Waals surface area (Å²) in [6, 6.07) is 6.97. The SMILES string of the molecule is CCCCCCCCCCCCCCCCCCN1CCN(C[C@@H](C)NS(=O)(=O)c2cccc3cnccc23)CC1. The van der Waals surface area contributed by atoms with Crippen LogP contribution in [-0.2, 0) is 10.0 Å². The molecule has 0 amide bonds. The molecule has 1 aliphatic heterocycles. The average Bonchev–Trinajstić information content (AvgIpc) is 2.97. The fourth-order valence-corrected chi connectivity index (χ4v) is 7.62. The summed E-state index contributed by atoms with van der Waals surface area (Å²) in [4.78, 5) is 9.41. The maximum atomic E-state index is 13.1. The molecule has 0 radical (unpaired) electrons. The maximum absolute atomic E-state index is 13.1. The molecule has 1 aliphatic rings.